The molecule has 1 saturated heterocycles. The Kier molecular flexibility index (Phi) is 4.68. The van der Waals surface area contributed by atoms with Gasteiger partial charge in [0.25, 0.3) is 0 Å². The summed E-state index contributed by atoms with van der Waals surface area (Å²) in [6, 6.07) is 3.80. The van der Waals surface area contributed by atoms with Crippen molar-refractivity contribution in [1.82, 2.24) is 10.3 Å². The van der Waals surface area contributed by atoms with Crippen LogP contribution >= 0.6 is 11.6 Å². The highest BCUT2D eigenvalue weighted by atomic mass is 35.5. The van der Waals surface area contributed by atoms with Gasteiger partial charge in [-0.05, 0) is 31.5 Å². The van der Waals surface area contributed by atoms with Gasteiger partial charge in [0.1, 0.15) is 5.56 Å². The number of esters is 1. The summed E-state index contributed by atoms with van der Waals surface area (Å²) in [6.07, 6.45) is 1.61. The van der Waals surface area contributed by atoms with Gasteiger partial charge in [-0.2, -0.15) is 0 Å². The van der Waals surface area contributed by atoms with Gasteiger partial charge in [-0.3, -0.25) is 4.98 Å². The Hall–Kier alpha value is -1.85. The molecule has 1 N–H and O–H groups in total. The summed E-state index contributed by atoms with van der Waals surface area (Å²) in [5.41, 5.74) is 3.17. The summed E-state index contributed by atoms with van der Waals surface area (Å²) in [5, 5.41) is 4.96. The zero-order valence-corrected chi connectivity index (χ0v) is 14.1. The Morgan fingerprint density at radius 2 is 2.13 bits per heavy atom. The molecular weight excluding hydrogens is 314 g/mol. The van der Waals surface area contributed by atoms with Crippen LogP contribution in [0.2, 0.25) is 5.02 Å². The van der Waals surface area contributed by atoms with E-state index in [1.165, 1.54) is 0 Å². The number of ether oxygens (including phenoxy) is 1. The van der Waals surface area contributed by atoms with Crippen molar-refractivity contribution in [3.8, 4) is 0 Å². The molecular formula is C17H20ClN3O2. The first-order chi connectivity index (χ1) is 11.1. The van der Waals surface area contributed by atoms with E-state index in [-0.39, 0.29) is 5.97 Å². The maximum atomic E-state index is 12.4. The number of pyridine rings is 1. The molecule has 1 aliphatic heterocycles. The van der Waals surface area contributed by atoms with Crippen molar-refractivity contribution < 1.29 is 9.53 Å². The van der Waals surface area contributed by atoms with Gasteiger partial charge in [-0.1, -0.05) is 11.6 Å². The largest absolute Gasteiger partial charge is 0.462 e. The molecule has 0 spiro atoms. The average molecular weight is 334 g/mol. The summed E-state index contributed by atoms with van der Waals surface area (Å²) < 4.78 is 5.22. The molecule has 1 fully saturated rings. The third-order valence-electron chi connectivity index (χ3n) is 4.13. The second-order valence-electron chi connectivity index (χ2n) is 5.55. The predicted octanol–water partition coefficient (Wildman–Crippen LogP) is 2.78. The van der Waals surface area contributed by atoms with Crippen molar-refractivity contribution in [3.63, 3.8) is 0 Å². The van der Waals surface area contributed by atoms with E-state index in [0.717, 1.165) is 48.3 Å². The van der Waals surface area contributed by atoms with Crippen LogP contribution in [0.15, 0.2) is 18.3 Å². The van der Waals surface area contributed by atoms with E-state index in [2.05, 4.69) is 15.2 Å². The van der Waals surface area contributed by atoms with E-state index >= 15 is 0 Å². The lowest BCUT2D eigenvalue weighted by Crippen LogP contribution is -2.44. The van der Waals surface area contributed by atoms with Crippen LogP contribution in [-0.4, -0.2) is 43.7 Å². The minimum absolute atomic E-state index is 0.331. The molecule has 1 aromatic carbocycles. The maximum absolute atomic E-state index is 12.4. The number of nitrogens with zero attached hydrogens (tertiary/aromatic N) is 2. The Labute approximate surface area is 140 Å². The lowest BCUT2D eigenvalue weighted by molar-refractivity contribution is 0.0526. The van der Waals surface area contributed by atoms with E-state index in [1.54, 1.807) is 13.1 Å². The van der Waals surface area contributed by atoms with E-state index in [1.807, 2.05) is 19.1 Å². The second kappa shape index (κ2) is 6.72. The molecule has 2 heterocycles. The second-order valence-corrected chi connectivity index (χ2v) is 5.95. The Morgan fingerprint density at radius 3 is 2.83 bits per heavy atom. The molecule has 23 heavy (non-hydrogen) atoms. The summed E-state index contributed by atoms with van der Waals surface area (Å²) in [4.78, 5) is 19.1. The molecule has 0 aliphatic carbocycles. The monoisotopic (exact) mass is 333 g/mol. The molecule has 5 nitrogen and oxygen atoms in total. The number of hydrogen-bond donors (Lipinski definition) is 1. The SMILES string of the molecule is CCOC(=O)c1cnc2c(C)c(Cl)ccc2c1N1CCNCC1. The maximum Gasteiger partial charge on any atom is 0.341 e. The number of carbonyl (C=O) groups is 1. The Bertz CT molecular complexity index is 742. The molecule has 0 saturated carbocycles. The first-order valence-electron chi connectivity index (χ1n) is 7.84. The van der Waals surface area contributed by atoms with Crippen LogP contribution < -0.4 is 10.2 Å². The Balaban J connectivity index is 2.22. The van der Waals surface area contributed by atoms with E-state index in [0.29, 0.717) is 17.2 Å². The van der Waals surface area contributed by atoms with Crippen LogP contribution in [-0.2, 0) is 4.74 Å². The number of aryl methyl sites for hydroxylation is 1. The summed E-state index contributed by atoms with van der Waals surface area (Å²) in [7, 11) is 0. The number of halogens is 1. The summed E-state index contributed by atoms with van der Waals surface area (Å²) in [5.74, 6) is -0.331. The number of aromatic nitrogens is 1. The third kappa shape index (κ3) is 2.99. The van der Waals surface area contributed by atoms with E-state index in [4.69, 9.17) is 16.3 Å². The number of benzene rings is 1. The standard InChI is InChI=1S/C17H20ClN3O2/c1-3-23-17(22)13-10-20-15-11(2)14(18)5-4-12(15)16(13)21-8-6-19-7-9-21/h4-5,10,19H,3,6-9H2,1-2H3. The number of rotatable bonds is 3. The van der Waals surface area contributed by atoms with E-state index in [9.17, 15) is 4.79 Å². The topological polar surface area (TPSA) is 54.5 Å². The molecule has 1 aliphatic rings. The molecule has 0 amide bonds. The van der Waals surface area contributed by atoms with Gasteiger partial charge in [-0.15, -0.1) is 0 Å². The highest BCUT2D eigenvalue weighted by Crippen LogP contribution is 2.34. The van der Waals surface area contributed by atoms with Gasteiger partial charge >= 0.3 is 5.97 Å². The minimum Gasteiger partial charge on any atom is -0.462 e. The minimum atomic E-state index is -0.331. The lowest BCUT2D eigenvalue weighted by atomic mass is 10.0. The molecule has 1 aromatic heterocycles. The normalized spacial score (nSPS) is 15.0. The number of carbonyl (C=O) groups excluding carboxylic acids is 1. The van der Waals surface area contributed by atoms with Crippen LogP contribution in [0.5, 0.6) is 0 Å². The van der Waals surface area contributed by atoms with Crippen molar-refractivity contribution in [3.05, 3.63) is 34.5 Å². The highest BCUT2D eigenvalue weighted by Gasteiger charge is 2.23. The molecule has 2 aromatic rings. The van der Waals surface area contributed by atoms with Gasteiger partial charge in [0.2, 0.25) is 0 Å². The number of hydrogen-bond acceptors (Lipinski definition) is 5. The smallest absolute Gasteiger partial charge is 0.341 e. The summed E-state index contributed by atoms with van der Waals surface area (Å²) >= 11 is 6.22. The van der Waals surface area contributed by atoms with Crippen LogP contribution in [0.4, 0.5) is 5.69 Å². The average Bonchev–Trinajstić information content (AvgIpc) is 2.58. The van der Waals surface area contributed by atoms with Gasteiger partial charge in [0.05, 0.1) is 17.8 Å². The predicted molar refractivity (Wildman–Crippen MR) is 92.5 cm³/mol. The van der Waals surface area contributed by atoms with E-state index < -0.39 is 0 Å². The van der Waals surface area contributed by atoms with Crippen LogP contribution in [0.1, 0.15) is 22.8 Å². The Morgan fingerprint density at radius 1 is 1.39 bits per heavy atom. The van der Waals surface area contributed by atoms with Crippen LogP contribution in [0.3, 0.4) is 0 Å². The van der Waals surface area contributed by atoms with Crippen molar-refractivity contribution in [2.45, 2.75) is 13.8 Å². The fourth-order valence-electron chi connectivity index (χ4n) is 2.96. The number of piperazine rings is 1. The van der Waals surface area contributed by atoms with Crippen molar-refractivity contribution in [1.29, 1.82) is 0 Å². The highest BCUT2D eigenvalue weighted by molar-refractivity contribution is 6.32. The number of anilines is 1. The fraction of sp³-hybridized carbons (Fsp3) is 0.412. The van der Waals surface area contributed by atoms with Crippen molar-refractivity contribution in [2.75, 3.05) is 37.7 Å². The number of nitrogens with one attached hydrogen (secondary N) is 1. The third-order valence-corrected chi connectivity index (χ3v) is 4.54. The molecule has 0 unspecified atom stereocenters. The van der Waals surface area contributed by atoms with Gasteiger partial charge in [0, 0.05) is 42.8 Å². The molecule has 3 rings (SSSR count). The van der Waals surface area contributed by atoms with Gasteiger partial charge < -0.3 is 15.0 Å². The lowest BCUT2D eigenvalue weighted by Gasteiger charge is -2.31. The van der Waals surface area contributed by atoms with Crippen molar-refractivity contribution >= 4 is 34.2 Å². The van der Waals surface area contributed by atoms with Gasteiger partial charge in [-0.25, -0.2) is 4.79 Å². The molecule has 0 radical (unpaired) electrons. The van der Waals surface area contributed by atoms with Crippen LogP contribution in [0.25, 0.3) is 10.9 Å². The van der Waals surface area contributed by atoms with Crippen LogP contribution in [0, 0.1) is 6.92 Å². The number of fused-ring (bicyclic) bond motifs is 1. The first kappa shape index (κ1) is 16.0. The zero-order chi connectivity index (χ0) is 16.4. The fourth-order valence-corrected chi connectivity index (χ4v) is 3.11. The van der Waals surface area contributed by atoms with Crippen molar-refractivity contribution in [2.24, 2.45) is 0 Å². The molecule has 0 atom stereocenters. The molecule has 122 valence electrons. The summed E-state index contributed by atoms with van der Waals surface area (Å²) in [6.45, 7) is 7.55. The quantitative estimate of drug-likeness (QED) is 0.875. The van der Waals surface area contributed by atoms with Gasteiger partial charge in [0.15, 0.2) is 0 Å². The molecule has 0 bridgehead atoms. The molecule has 6 heteroatoms. The first-order valence-corrected chi connectivity index (χ1v) is 8.22. The zero-order valence-electron chi connectivity index (χ0n) is 13.4.